The Morgan fingerprint density at radius 3 is 2.41 bits per heavy atom. The maximum absolute atomic E-state index is 12.7. The maximum atomic E-state index is 12.7. The second-order valence-corrected chi connectivity index (χ2v) is 8.07. The lowest BCUT2D eigenvalue weighted by atomic mass is 9.95. The van der Waals surface area contributed by atoms with Gasteiger partial charge in [-0.2, -0.15) is 0 Å². The molecule has 0 bridgehead atoms. The molecule has 29 heavy (non-hydrogen) atoms. The van der Waals surface area contributed by atoms with Crippen molar-refractivity contribution in [3.05, 3.63) is 47.9 Å². The van der Waals surface area contributed by atoms with Crippen molar-refractivity contribution in [2.75, 3.05) is 36.0 Å². The molecule has 6 nitrogen and oxygen atoms in total. The smallest absolute Gasteiger partial charge is 0.223 e. The number of nitrogens with one attached hydrogen (secondary N) is 1. The number of carbonyl (C=O) groups excluding carboxylic acids is 1. The maximum Gasteiger partial charge on any atom is 0.223 e. The molecule has 2 saturated heterocycles. The predicted molar refractivity (Wildman–Crippen MR) is 116 cm³/mol. The Hall–Kier alpha value is -2.63. The van der Waals surface area contributed by atoms with Crippen LogP contribution in [0.1, 0.15) is 43.7 Å². The number of amides is 1. The van der Waals surface area contributed by atoms with Gasteiger partial charge in [0.25, 0.3) is 0 Å². The van der Waals surface area contributed by atoms with Crippen LogP contribution in [0.15, 0.2) is 36.8 Å². The minimum Gasteiger partial charge on any atom is -0.367 e. The average Bonchev–Trinajstić information content (AvgIpc) is 3.33. The Balaban J connectivity index is 1.30. The van der Waals surface area contributed by atoms with E-state index >= 15 is 0 Å². The van der Waals surface area contributed by atoms with Crippen LogP contribution in [-0.2, 0) is 17.8 Å². The standard InChI is InChI=1S/C23H31N5O/c1-2-18-5-7-19(8-6-18)15-25-23(29)20-9-13-27(14-10-20)21-16-24-17-26-22(21)28-11-3-4-12-28/h5-8,16-17,20H,2-4,9-15H2,1H3,(H,25,29). The third-order valence-corrected chi connectivity index (χ3v) is 6.18. The van der Waals surface area contributed by atoms with Crippen LogP contribution in [0, 0.1) is 5.92 Å². The molecule has 0 atom stereocenters. The van der Waals surface area contributed by atoms with Gasteiger partial charge in [-0.1, -0.05) is 31.2 Å². The Labute approximate surface area is 173 Å². The molecule has 0 aliphatic carbocycles. The lowest BCUT2D eigenvalue weighted by molar-refractivity contribution is -0.125. The number of hydrogen-bond acceptors (Lipinski definition) is 5. The molecule has 0 unspecified atom stereocenters. The first-order chi connectivity index (χ1) is 14.2. The fraction of sp³-hybridized carbons (Fsp3) is 0.522. The van der Waals surface area contributed by atoms with Gasteiger partial charge in [0, 0.05) is 38.6 Å². The van der Waals surface area contributed by atoms with E-state index in [0.717, 1.165) is 62.5 Å². The van der Waals surface area contributed by atoms with Crippen molar-refractivity contribution in [3.8, 4) is 0 Å². The first kappa shape index (κ1) is 19.7. The van der Waals surface area contributed by atoms with Crippen molar-refractivity contribution in [3.63, 3.8) is 0 Å². The molecule has 0 saturated carbocycles. The van der Waals surface area contributed by atoms with Gasteiger partial charge in [0.1, 0.15) is 6.33 Å². The van der Waals surface area contributed by atoms with Crippen LogP contribution in [0.4, 0.5) is 11.5 Å². The highest BCUT2D eigenvalue weighted by Gasteiger charge is 2.28. The summed E-state index contributed by atoms with van der Waals surface area (Å²) < 4.78 is 0. The van der Waals surface area contributed by atoms with Crippen molar-refractivity contribution in [2.45, 2.75) is 45.6 Å². The monoisotopic (exact) mass is 393 g/mol. The van der Waals surface area contributed by atoms with Crippen LogP contribution < -0.4 is 15.1 Å². The minimum absolute atomic E-state index is 0.0843. The molecule has 1 aromatic heterocycles. The Bertz CT molecular complexity index is 808. The van der Waals surface area contributed by atoms with Crippen molar-refractivity contribution in [2.24, 2.45) is 5.92 Å². The quantitative estimate of drug-likeness (QED) is 0.817. The largest absolute Gasteiger partial charge is 0.367 e. The molecule has 154 valence electrons. The lowest BCUT2D eigenvalue weighted by Crippen LogP contribution is -2.41. The van der Waals surface area contributed by atoms with Crippen LogP contribution in [-0.4, -0.2) is 42.1 Å². The first-order valence-electron chi connectivity index (χ1n) is 10.9. The fourth-order valence-electron chi connectivity index (χ4n) is 4.32. The van der Waals surface area contributed by atoms with E-state index in [1.165, 1.54) is 18.4 Å². The van der Waals surface area contributed by atoms with E-state index in [-0.39, 0.29) is 11.8 Å². The lowest BCUT2D eigenvalue weighted by Gasteiger charge is -2.34. The number of hydrogen-bond donors (Lipinski definition) is 1. The molecule has 1 aromatic carbocycles. The molecular formula is C23H31N5O. The zero-order valence-corrected chi connectivity index (χ0v) is 17.3. The summed E-state index contributed by atoms with van der Waals surface area (Å²) >= 11 is 0. The van der Waals surface area contributed by atoms with Crippen molar-refractivity contribution in [1.29, 1.82) is 0 Å². The second-order valence-electron chi connectivity index (χ2n) is 8.07. The van der Waals surface area contributed by atoms with Gasteiger partial charge < -0.3 is 15.1 Å². The van der Waals surface area contributed by atoms with Crippen molar-refractivity contribution in [1.82, 2.24) is 15.3 Å². The summed E-state index contributed by atoms with van der Waals surface area (Å²) in [5.41, 5.74) is 3.60. The van der Waals surface area contributed by atoms with Gasteiger partial charge in [-0.25, -0.2) is 9.97 Å². The zero-order valence-electron chi connectivity index (χ0n) is 17.3. The number of piperidine rings is 1. The highest BCUT2D eigenvalue weighted by molar-refractivity contribution is 5.79. The van der Waals surface area contributed by atoms with Gasteiger partial charge in [0.15, 0.2) is 5.82 Å². The molecule has 2 aromatic rings. The van der Waals surface area contributed by atoms with Gasteiger partial charge in [-0.05, 0) is 43.2 Å². The topological polar surface area (TPSA) is 61.4 Å². The Kier molecular flexibility index (Phi) is 6.27. The third-order valence-electron chi connectivity index (χ3n) is 6.18. The molecule has 2 aliphatic heterocycles. The summed E-state index contributed by atoms with van der Waals surface area (Å²) in [6.45, 7) is 6.65. The van der Waals surface area contributed by atoms with Crippen LogP contribution >= 0.6 is 0 Å². The van der Waals surface area contributed by atoms with Crippen LogP contribution in [0.5, 0.6) is 0 Å². The predicted octanol–water partition coefficient (Wildman–Crippen LogP) is 3.17. The number of carbonyl (C=O) groups is 1. The van der Waals surface area contributed by atoms with Gasteiger partial charge in [-0.3, -0.25) is 4.79 Å². The first-order valence-corrected chi connectivity index (χ1v) is 10.9. The van der Waals surface area contributed by atoms with Crippen LogP contribution in [0.3, 0.4) is 0 Å². The number of rotatable bonds is 6. The van der Waals surface area contributed by atoms with Crippen LogP contribution in [0.2, 0.25) is 0 Å². The fourth-order valence-corrected chi connectivity index (χ4v) is 4.32. The van der Waals surface area contributed by atoms with Gasteiger partial charge >= 0.3 is 0 Å². The molecular weight excluding hydrogens is 362 g/mol. The molecule has 6 heteroatoms. The zero-order chi connectivity index (χ0) is 20.1. The molecule has 3 heterocycles. The normalized spacial score (nSPS) is 17.6. The average molecular weight is 394 g/mol. The minimum atomic E-state index is 0.0843. The summed E-state index contributed by atoms with van der Waals surface area (Å²) in [6, 6.07) is 8.49. The van der Waals surface area contributed by atoms with Gasteiger partial charge in [0.2, 0.25) is 5.91 Å². The van der Waals surface area contributed by atoms with E-state index < -0.39 is 0 Å². The molecule has 0 radical (unpaired) electrons. The summed E-state index contributed by atoms with van der Waals surface area (Å²) in [5, 5.41) is 3.13. The highest BCUT2D eigenvalue weighted by Crippen LogP contribution is 2.31. The van der Waals surface area contributed by atoms with E-state index in [4.69, 9.17) is 0 Å². The SMILES string of the molecule is CCc1ccc(CNC(=O)C2CCN(c3cncnc3N3CCCC3)CC2)cc1. The molecule has 1 N–H and O–H groups in total. The molecule has 1 amide bonds. The van der Waals surface area contributed by atoms with Crippen LogP contribution in [0.25, 0.3) is 0 Å². The van der Waals surface area contributed by atoms with E-state index in [9.17, 15) is 4.79 Å². The highest BCUT2D eigenvalue weighted by atomic mass is 16.1. The van der Waals surface area contributed by atoms with Crippen molar-refractivity contribution >= 4 is 17.4 Å². The van der Waals surface area contributed by atoms with Gasteiger partial charge in [-0.15, -0.1) is 0 Å². The van der Waals surface area contributed by atoms with E-state index in [0.29, 0.717) is 6.54 Å². The number of aryl methyl sites for hydroxylation is 1. The summed E-state index contributed by atoms with van der Waals surface area (Å²) in [4.78, 5) is 26.2. The Morgan fingerprint density at radius 1 is 1.03 bits per heavy atom. The van der Waals surface area contributed by atoms with Crippen molar-refractivity contribution < 1.29 is 4.79 Å². The molecule has 2 fully saturated rings. The number of aromatic nitrogens is 2. The number of nitrogens with zero attached hydrogens (tertiary/aromatic N) is 4. The van der Waals surface area contributed by atoms with E-state index in [1.54, 1.807) is 6.33 Å². The number of benzene rings is 1. The summed E-state index contributed by atoms with van der Waals surface area (Å²) in [6.07, 6.45) is 8.81. The second kappa shape index (κ2) is 9.25. The molecule has 0 spiro atoms. The Morgan fingerprint density at radius 2 is 1.72 bits per heavy atom. The summed E-state index contributed by atoms with van der Waals surface area (Å²) in [5.74, 6) is 1.31. The number of anilines is 2. The molecule has 2 aliphatic rings. The van der Waals surface area contributed by atoms with Gasteiger partial charge in [0.05, 0.1) is 11.9 Å². The third kappa shape index (κ3) is 4.69. The molecule has 4 rings (SSSR count). The van der Waals surface area contributed by atoms with E-state index in [2.05, 4.69) is 56.3 Å². The summed E-state index contributed by atoms with van der Waals surface area (Å²) in [7, 11) is 0. The van der Waals surface area contributed by atoms with E-state index in [1.807, 2.05) is 6.20 Å².